The van der Waals surface area contributed by atoms with Crippen LogP contribution in [-0.4, -0.2) is 18.8 Å². The summed E-state index contributed by atoms with van der Waals surface area (Å²) in [7, 11) is -1.90. The highest BCUT2D eigenvalue weighted by Crippen LogP contribution is 2.52. The van der Waals surface area contributed by atoms with Gasteiger partial charge in [-0.3, -0.25) is 0 Å². The predicted molar refractivity (Wildman–Crippen MR) is 115 cm³/mol. The van der Waals surface area contributed by atoms with Gasteiger partial charge in [0, 0.05) is 17.4 Å². The standard InChI is InChI=1S/C24H30O2Si/c1-16-11-12-20-19(13-16)23-21(25)14-18(15-22(23)26-24(20,2)3)27(4,5)17-9-7-6-8-10-17/h6-10,13-15,19-20,25H,11-12H2,1-5H3/t19-,20-/m1/s1. The molecule has 2 aliphatic rings. The molecule has 0 aromatic heterocycles. The van der Waals surface area contributed by atoms with Crippen LogP contribution in [0.5, 0.6) is 11.5 Å². The fraction of sp³-hybridized carbons (Fsp3) is 0.417. The number of benzene rings is 2. The fourth-order valence-corrected chi connectivity index (χ4v) is 7.25. The maximum Gasteiger partial charge on any atom is 0.127 e. The fourth-order valence-electron chi connectivity index (χ4n) is 4.91. The van der Waals surface area contributed by atoms with Crippen molar-refractivity contribution in [3.05, 3.63) is 59.7 Å². The number of hydrogen-bond acceptors (Lipinski definition) is 2. The van der Waals surface area contributed by atoms with Crippen molar-refractivity contribution in [1.29, 1.82) is 0 Å². The van der Waals surface area contributed by atoms with Gasteiger partial charge in [0.05, 0.1) is 0 Å². The van der Waals surface area contributed by atoms with Crippen LogP contribution in [0.2, 0.25) is 13.1 Å². The lowest BCUT2D eigenvalue weighted by atomic mass is 9.68. The maximum atomic E-state index is 11.1. The van der Waals surface area contributed by atoms with E-state index < -0.39 is 8.07 Å². The van der Waals surface area contributed by atoms with Crippen LogP contribution in [-0.2, 0) is 0 Å². The molecule has 4 rings (SSSR count). The lowest BCUT2D eigenvalue weighted by molar-refractivity contribution is 0.0109. The van der Waals surface area contributed by atoms with Gasteiger partial charge in [-0.2, -0.15) is 0 Å². The Morgan fingerprint density at radius 3 is 2.48 bits per heavy atom. The van der Waals surface area contributed by atoms with E-state index in [0.717, 1.165) is 24.2 Å². The lowest BCUT2D eigenvalue weighted by Gasteiger charge is -2.46. The summed E-state index contributed by atoms with van der Waals surface area (Å²) in [6.45, 7) is 11.3. The number of ether oxygens (including phenoxy) is 1. The Kier molecular flexibility index (Phi) is 4.26. The summed E-state index contributed by atoms with van der Waals surface area (Å²) < 4.78 is 6.51. The van der Waals surface area contributed by atoms with Crippen LogP contribution in [0.4, 0.5) is 0 Å². The van der Waals surface area contributed by atoms with E-state index in [1.165, 1.54) is 15.9 Å². The van der Waals surface area contributed by atoms with Crippen molar-refractivity contribution in [3.63, 3.8) is 0 Å². The third-order valence-electron chi connectivity index (χ3n) is 6.68. The Morgan fingerprint density at radius 2 is 1.78 bits per heavy atom. The zero-order chi connectivity index (χ0) is 19.4. The molecule has 0 saturated heterocycles. The van der Waals surface area contributed by atoms with Crippen molar-refractivity contribution < 1.29 is 9.84 Å². The van der Waals surface area contributed by atoms with Crippen molar-refractivity contribution >= 4 is 18.4 Å². The molecule has 0 bridgehead atoms. The van der Waals surface area contributed by atoms with Crippen molar-refractivity contribution in [3.8, 4) is 11.5 Å². The van der Waals surface area contributed by atoms with Crippen molar-refractivity contribution in [1.82, 2.24) is 0 Å². The molecule has 0 fully saturated rings. The third kappa shape index (κ3) is 3.02. The Bertz CT molecular complexity index is 896. The van der Waals surface area contributed by atoms with Gasteiger partial charge < -0.3 is 9.84 Å². The average molecular weight is 379 g/mol. The Balaban J connectivity index is 1.86. The molecule has 2 aromatic carbocycles. The maximum absolute atomic E-state index is 11.1. The van der Waals surface area contributed by atoms with Crippen LogP contribution in [0.25, 0.3) is 0 Å². The van der Waals surface area contributed by atoms with E-state index in [9.17, 15) is 5.11 Å². The minimum atomic E-state index is -1.90. The summed E-state index contributed by atoms with van der Waals surface area (Å²) >= 11 is 0. The second kappa shape index (κ2) is 6.27. The molecule has 142 valence electrons. The predicted octanol–water partition coefficient (Wildman–Crippen LogP) is 4.83. The molecule has 0 saturated carbocycles. The van der Waals surface area contributed by atoms with Crippen LogP contribution in [0.1, 0.15) is 45.1 Å². The first-order valence-electron chi connectivity index (χ1n) is 9.99. The van der Waals surface area contributed by atoms with Crippen LogP contribution < -0.4 is 15.1 Å². The van der Waals surface area contributed by atoms with Crippen molar-refractivity contribution in [2.75, 3.05) is 0 Å². The minimum absolute atomic E-state index is 0.224. The van der Waals surface area contributed by atoms with Gasteiger partial charge in [0.1, 0.15) is 25.2 Å². The van der Waals surface area contributed by atoms with Crippen LogP contribution in [0, 0.1) is 5.92 Å². The smallest absolute Gasteiger partial charge is 0.127 e. The van der Waals surface area contributed by atoms with E-state index in [1.54, 1.807) is 0 Å². The largest absolute Gasteiger partial charge is 0.508 e. The number of phenolic OH excluding ortho intramolecular Hbond substituents is 1. The zero-order valence-electron chi connectivity index (χ0n) is 17.0. The van der Waals surface area contributed by atoms with Gasteiger partial charge in [-0.05, 0) is 50.9 Å². The minimum Gasteiger partial charge on any atom is -0.508 e. The number of aromatic hydroxyl groups is 1. The van der Waals surface area contributed by atoms with Gasteiger partial charge in [-0.1, -0.05) is 60.3 Å². The number of allylic oxidation sites excluding steroid dienone is 2. The number of phenols is 1. The Labute approximate surface area is 163 Å². The molecule has 27 heavy (non-hydrogen) atoms. The highest BCUT2D eigenvalue weighted by molar-refractivity contribution is 7.00. The monoisotopic (exact) mass is 378 g/mol. The molecule has 3 heteroatoms. The summed E-state index contributed by atoms with van der Waals surface area (Å²) in [6, 6.07) is 14.9. The van der Waals surface area contributed by atoms with Gasteiger partial charge in [-0.25, -0.2) is 0 Å². The van der Waals surface area contributed by atoms with Gasteiger partial charge in [0.25, 0.3) is 0 Å². The van der Waals surface area contributed by atoms with E-state index in [0.29, 0.717) is 11.7 Å². The first-order chi connectivity index (χ1) is 12.7. The molecule has 0 unspecified atom stereocenters. The van der Waals surface area contributed by atoms with E-state index in [1.807, 2.05) is 6.07 Å². The molecule has 1 aliphatic carbocycles. The second-order valence-corrected chi connectivity index (χ2v) is 13.7. The van der Waals surface area contributed by atoms with E-state index >= 15 is 0 Å². The topological polar surface area (TPSA) is 29.5 Å². The first-order valence-corrected chi connectivity index (χ1v) is 13.0. The van der Waals surface area contributed by atoms with Crippen LogP contribution >= 0.6 is 0 Å². The summed E-state index contributed by atoms with van der Waals surface area (Å²) in [6.07, 6.45) is 4.59. The number of fused-ring (bicyclic) bond motifs is 3. The molecule has 2 nitrogen and oxygen atoms in total. The average Bonchev–Trinajstić information content (AvgIpc) is 2.61. The Morgan fingerprint density at radius 1 is 1.07 bits per heavy atom. The van der Waals surface area contributed by atoms with Gasteiger partial charge in [-0.15, -0.1) is 0 Å². The summed E-state index contributed by atoms with van der Waals surface area (Å²) in [5.74, 6) is 1.92. The van der Waals surface area contributed by atoms with Crippen molar-refractivity contribution in [2.45, 2.75) is 58.2 Å². The molecule has 1 heterocycles. The van der Waals surface area contributed by atoms with E-state index in [2.05, 4.69) is 76.3 Å². The molecule has 0 amide bonds. The molecule has 1 aliphatic heterocycles. The molecular formula is C24H30O2Si. The highest BCUT2D eigenvalue weighted by atomic mass is 28.3. The zero-order valence-corrected chi connectivity index (χ0v) is 18.0. The highest BCUT2D eigenvalue weighted by Gasteiger charge is 2.45. The molecule has 0 radical (unpaired) electrons. The molecular weight excluding hydrogens is 348 g/mol. The van der Waals surface area contributed by atoms with E-state index in [-0.39, 0.29) is 11.5 Å². The van der Waals surface area contributed by atoms with Gasteiger partial charge in [0.15, 0.2) is 0 Å². The quantitative estimate of drug-likeness (QED) is 0.599. The Hall–Kier alpha value is -2.00. The third-order valence-corrected chi connectivity index (χ3v) is 10.2. The number of hydrogen-bond donors (Lipinski definition) is 1. The first kappa shape index (κ1) is 18.4. The lowest BCUT2D eigenvalue weighted by Crippen LogP contribution is -2.53. The summed E-state index contributed by atoms with van der Waals surface area (Å²) in [5, 5.41) is 13.6. The van der Waals surface area contributed by atoms with Gasteiger partial charge in [0.2, 0.25) is 0 Å². The van der Waals surface area contributed by atoms with E-state index in [4.69, 9.17) is 4.74 Å². The van der Waals surface area contributed by atoms with Crippen LogP contribution in [0.3, 0.4) is 0 Å². The van der Waals surface area contributed by atoms with Crippen LogP contribution in [0.15, 0.2) is 54.1 Å². The normalized spacial score (nSPS) is 23.7. The SMILES string of the molecule is CC1=C[C@H]2c3c(O)cc([Si](C)(C)c4ccccc4)cc3OC(C)(C)[C@@H]2CC1. The summed E-state index contributed by atoms with van der Waals surface area (Å²) in [4.78, 5) is 0. The summed E-state index contributed by atoms with van der Waals surface area (Å²) in [5.41, 5.74) is 2.18. The molecule has 1 N–H and O–H groups in total. The van der Waals surface area contributed by atoms with Gasteiger partial charge >= 0.3 is 0 Å². The second-order valence-electron chi connectivity index (χ2n) is 9.29. The van der Waals surface area contributed by atoms with Crippen molar-refractivity contribution in [2.24, 2.45) is 5.92 Å². The molecule has 0 spiro atoms. The number of rotatable bonds is 2. The molecule has 2 atom stereocenters. The molecule has 2 aromatic rings.